The topological polar surface area (TPSA) is 52.7 Å². The van der Waals surface area contributed by atoms with E-state index < -0.39 is 0 Å². The molecule has 0 aliphatic carbocycles. The van der Waals surface area contributed by atoms with Gasteiger partial charge in [-0.25, -0.2) is 0 Å². The molecule has 0 spiro atoms. The van der Waals surface area contributed by atoms with Crippen LogP contribution in [0.3, 0.4) is 0 Å². The van der Waals surface area contributed by atoms with Crippen molar-refractivity contribution in [1.29, 1.82) is 0 Å². The van der Waals surface area contributed by atoms with Crippen LogP contribution >= 0.6 is 0 Å². The number of nitrogens with one attached hydrogen (secondary N) is 1. The Balaban J connectivity index is 1.92. The molecule has 5 nitrogen and oxygen atoms in total. The minimum Gasteiger partial charge on any atom is -0.353 e. The lowest BCUT2D eigenvalue weighted by Crippen LogP contribution is -2.52. The van der Waals surface area contributed by atoms with E-state index in [1.807, 2.05) is 18.2 Å². The van der Waals surface area contributed by atoms with Gasteiger partial charge in [0.25, 0.3) is 0 Å². The van der Waals surface area contributed by atoms with Crippen molar-refractivity contribution in [2.75, 3.05) is 32.7 Å². The van der Waals surface area contributed by atoms with Gasteiger partial charge in [0.1, 0.15) is 0 Å². The summed E-state index contributed by atoms with van der Waals surface area (Å²) >= 11 is 0. The van der Waals surface area contributed by atoms with Crippen LogP contribution < -0.4 is 5.32 Å². The average molecular weight is 289 g/mol. The van der Waals surface area contributed by atoms with Crippen LogP contribution in [0.25, 0.3) is 0 Å². The molecule has 0 saturated carbocycles. The van der Waals surface area contributed by atoms with Crippen molar-refractivity contribution < 1.29 is 9.59 Å². The SMILES string of the molecule is CCCN(CC(=O)N1CCNC(=O)C1)Cc1ccccc1. The fourth-order valence-corrected chi connectivity index (χ4v) is 2.51. The van der Waals surface area contributed by atoms with Gasteiger partial charge in [0.2, 0.25) is 11.8 Å². The van der Waals surface area contributed by atoms with Gasteiger partial charge in [-0.2, -0.15) is 0 Å². The van der Waals surface area contributed by atoms with E-state index in [0.717, 1.165) is 19.5 Å². The molecule has 1 saturated heterocycles. The molecule has 21 heavy (non-hydrogen) atoms. The van der Waals surface area contributed by atoms with Crippen molar-refractivity contribution in [2.24, 2.45) is 0 Å². The first-order valence-electron chi connectivity index (χ1n) is 7.49. The molecule has 1 aliphatic heterocycles. The average Bonchev–Trinajstić information content (AvgIpc) is 2.48. The summed E-state index contributed by atoms with van der Waals surface area (Å²) in [6, 6.07) is 10.2. The van der Waals surface area contributed by atoms with Crippen LogP contribution in [0.15, 0.2) is 30.3 Å². The van der Waals surface area contributed by atoms with E-state index in [9.17, 15) is 9.59 Å². The molecule has 1 heterocycles. The Kier molecular flexibility index (Phi) is 5.75. The van der Waals surface area contributed by atoms with Crippen molar-refractivity contribution in [3.8, 4) is 0 Å². The second-order valence-corrected chi connectivity index (χ2v) is 5.36. The summed E-state index contributed by atoms with van der Waals surface area (Å²) in [5.74, 6) is -0.0334. The summed E-state index contributed by atoms with van der Waals surface area (Å²) < 4.78 is 0. The fourth-order valence-electron chi connectivity index (χ4n) is 2.51. The Labute approximate surface area is 125 Å². The first kappa shape index (κ1) is 15.5. The number of rotatable bonds is 6. The summed E-state index contributed by atoms with van der Waals surface area (Å²) in [4.78, 5) is 27.5. The van der Waals surface area contributed by atoms with Gasteiger partial charge in [0.05, 0.1) is 13.1 Å². The van der Waals surface area contributed by atoms with E-state index in [1.54, 1.807) is 4.90 Å². The fraction of sp³-hybridized carbons (Fsp3) is 0.500. The molecule has 1 aromatic rings. The largest absolute Gasteiger partial charge is 0.353 e. The van der Waals surface area contributed by atoms with E-state index in [4.69, 9.17) is 0 Å². The zero-order valence-electron chi connectivity index (χ0n) is 12.5. The van der Waals surface area contributed by atoms with Crippen LogP contribution in [0.1, 0.15) is 18.9 Å². The molecule has 1 fully saturated rings. The Bertz CT molecular complexity index is 476. The molecule has 2 rings (SSSR count). The molecule has 114 valence electrons. The number of piperazine rings is 1. The highest BCUT2D eigenvalue weighted by molar-refractivity contribution is 5.86. The highest BCUT2D eigenvalue weighted by Gasteiger charge is 2.22. The number of carbonyl (C=O) groups excluding carboxylic acids is 2. The van der Waals surface area contributed by atoms with Crippen molar-refractivity contribution in [3.05, 3.63) is 35.9 Å². The minimum absolute atomic E-state index is 0.0363. The molecule has 0 unspecified atom stereocenters. The normalized spacial score (nSPS) is 15.1. The van der Waals surface area contributed by atoms with Gasteiger partial charge in [-0.05, 0) is 18.5 Å². The highest BCUT2D eigenvalue weighted by Crippen LogP contribution is 2.06. The Morgan fingerprint density at radius 2 is 2.10 bits per heavy atom. The lowest BCUT2D eigenvalue weighted by atomic mass is 10.2. The second kappa shape index (κ2) is 7.78. The molecule has 0 radical (unpaired) electrons. The molecule has 0 bridgehead atoms. The summed E-state index contributed by atoms with van der Waals surface area (Å²) in [5.41, 5.74) is 1.20. The van der Waals surface area contributed by atoms with E-state index >= 15 is 0 Å². The maximum absolute atomic E-state index is 12.3. The van der Waals surface area contributed by atoms with Crippen LogP contribution in [0.4, 0.5) is 0 Å². The van der Waals surface area contributed by atoms with Crippen LogP contribution in [0.5, 0.6) is 0 Å². The van der Waals surface area contributed by atoms with Crippen molar-refractivity contribution in [1.82, 2.24) is 15.1 Å². The predicted octanol–water partition coefficient (Wildman–Crippen LogP) is 0.857. The second-order valence-electron chi connectivity index (χ2n) is 5.36. The van der Waals surface area contributed by atoms with Gasteiger partial charge in [-0.3, -0.25) is 14.5 Å². The molecule has 1 N–H and O–H groups in total. The van der Waals surface area contributed by atoms with Crippen LogP contribution in [0.2, 0.25) is 0 Å². The number of hydrogen-bond acceptors (Lipinski definition) is 3. The molecule has 1 aromatic carbocycles. The molecular weight excluding hydrogens is 266 g/mol. The quantitative estimate of drug-likeness (QED) is 0.845. The van der Waals surface area contributed by atoms with Crippen molar-refractivity contribution in [2.45, 2.75) is 19.9 Å². The van der Waals surface area contributed by atoms with Crippen molar-refractivity contribution >= 4 is 11.8 Å². The Morgan fingerprint density at radius 1 is 1.33 bits per heavy atom. The van der Waals surface area contributed by atoms with E-state index in [1.165, 1.54) is 5.56 Å². The summed E-state index contributed by atoms with van der Waals surface area (Å²) in [6.45, 7) is 5.46. The highest BCUT2D eigenvalue weighted by atomic mass is 16.2. The molecule has 5 heteroatoms. The summed E-state index contributed by atoms with van der Waals surface area (Å²) in [6.07, 6.45) is 1.00. The number of hydrogen-bond donors (Lipinski definition) is 1. The minimum atomic E-state index is -0.0697. The molecule has 1 aliphatic rings. The molecule has 0 aromatic heterocycles. The third kappa shape index (κ3) is 4.86. The lowest BCUT2D eigenvalue weighted by molar-refractivity contribution is -0.139. The monoisotopic (exact) mass is 289 g/mol. The summed E-state index contributed by atoms with van der Waals surface area (Å²) in [7, 11) is 0. The number of amides is 2. The van der Waals surface area contributed by atoms with E-state index in [-0.39, 0.29) is 18.4 Å². The first-order valence-corrected chi connectivity index (χ1v) is 7.49. The van der Waals surface area contributed by atoms with Crippen LogP contribution in [0, 0.1) is 0 Å². The maximum atomic E-state index is 12.3. The zero-order chi connectivity index (χ0) is 15.1. The number of nitrogens with zero attached hydrogens (tertiary/aromatic N) is 2. The van der Waals surface area contributed by atoms with Crippen molar-refractivity contribution in [3.63, 3.8) is 0 Å². The van der Waals surface area contributed by atoms with Gasteiger partial charge in [-0.1, -0.05) is 37.3 Å². The Hall–Kier alpha value is -1.88. The number of benzene rings is 1. The third-order valence-electron chi connectivity index (χ3n) is 3.54. The standard InChI is InChI=1S/C16H23N3O2/c1-2-9-18(11-14-6-4-3-5-7-14)13-16(21)19-10-8-17-15(20)12-19/h3-7H,2,8-13H2,1H3,(H,17,20). The van der Waals surface area contributed by atoms with Gasteiger partial charge < -0.3 is 10.2 Å². The zero-order valence-corrected chi connectivity index (χ0v) is 12.5. The van der Waals surface area contributed by atoms with E-state index in [2.05, 4.69) is 29.3 Å². The predicted molar refractivity (Wildman–Crippen MR) is 81.6 cm³/mol. The molecular formula is C16H23N3O2. The van der Waals surface area contributed by atoms with Crippen LogP contribution in [-0.2, 0) is 16.1 Å². The lowest BCUT2D eigenvalue weighted by Gasteiger charge is -2.29. The molecule has 2 amide bonds. The van der Waals surface area contributed by atoms with E-state index in [0.29, 0.717) is 19.6 Å². The number of carbonyl (C=O) groups is 2. The smallest absolute Gasteiger partial charge is 0.239 e. The molecule has 0 atom stereocenters. The summed E-state index contributed by atoms with van der Waals surface area (Å²) in [5, 5.41) is 2.74. The van der Waals surface area contributed by atoms with Gasteiger partial charge in [-0.15, -0.1) is 0 Å². The Morgan fingerprint density at radius 3 is 2.76 bits per heavy atom. The maximum Gasteiger partial charge on any atom is 0.239 e. The first-order chi connectivity index (χ1) is 10.2. The third-order valence-corrected chi connectivity index (χ3v) is 3.54. The van der Waals surface area contributed by atoms with Crippen LogP contribution in [-0.4, -0.2) is 54.3 Å². The van der Waals surface area contributed by atoms with Gasteiger partial charge >= 0.3 is 0 Å². The van der Waals surface area contributed by atoms with Gasteiger partial charge in [0, 0.05) is 19.6 Å². The van der Waals surface area contributed by atoms with Gasteiger partial charge in [0.15, 0.2) is 0 Å².